The monoisotopic (exact) mass is 408 g/mol. The van der Waals surface area contributed by atoms with Gasteiger partial charge in [-0.25, -0.2) is 9.78 Å². The molecule has 2 heterocycles. The van der Waals surface area contributed by atoms with Crippen LogP contribution in [0.5, 0.6) is 0 Å². The Morgan fingerprint density at radius 2 is 1.79 bits per heavy atom. The van der Waals surface area contributed by atoms with E-state index in [0.29, 0.717) is 33.6 Å². The maximum atomic E-state index is 11.6. The predicted molar refractivity (Wildman–Crippen MR) is 108 cm³/mol. The van der Waals surface area contributed by atoms with Crippen molar-refractivity contribution in [3.8, 4) is 28.7 Å². The summed E-state index contributed by atoms with van der Waals surface area (Å²) in [6.45, 7) is 3.82. The number of hydrogen-bond acceptors (Lipinski definition) is 6. The van der Waals surface area contributed by atoms with Gasteiger partial charge in [-0.15, -0.1) is 0 Å². The molecule has 0 aliphatic rings. The number of methoxy groups -OCH3 is 1. The number of para-hydroxylation sites is 1. The maximum absolute atomic E-state index is 11.6. The first-order valence-corrected chi connectivity index (χ1v) is 9.21. The summed E-state index contributed by atoms with van der Waals surface area (Å²) in [6.07, 6.45) is 0. The van der Waals surface area contributed by atoms with Gasteiger partial charge in [0.15, 0.2) is 0 Å². The van der Waals surface area contributed by atoms with Crippen LogP contribution in [0.1, 0.15) is 21.9 Å². The zero-order chi connectivity index (χ0) is 20.5. The lowest BCUT2D eigenvalue weighted by Gasteiger charge is -2.09. The molecule has 0 N–H and O–H groups in total. The van der Waals surface area contributed by atoms with Crippen molar-refractivity contribution in [3.63, 3.8) is 0 Å². The molecule has 0 saturated heterocycles. The average Bonchev–Trinajstić information content (AvgIpc) is 3.33. The van der Waals surface area contributed by atoms with Crippen molar-refractivity contribution in [1.29, 1.82) is 0 Å². The minimum atomic E-state index is -0.401. The van der Waals surface area contributed by atoms with Crippen molar-refractivity contribution in [2.45, 2.75) is 13.8 Å². The SMILES string of the molecule is COC(=O)c1ccc(-c2noc(-c3nc(C)n(-c4ccccc4Cl)c3C)n2)cc1. The van der Waals surface area contributed by atoms with Crippen LogP contribution in [0, 0.1) is 13.8 Å². The zero-order valence-corrected chi connectivity index (χ0v) is 16.8. The normalized spacial score (nSPS) is 10.9. The molecular weight excluding hydrogens is 392 g/mol. The fourth-order valence-electron chi connectivity index (χ4n) is 3.14. The Kier molecular flexibility index (Phi) is 4.90. The second kappa shape index (κ2) is 7.52. The molecule has 7 nitrogen and oxygen atoms in total. The number of rotatable bonds is 4. The minimum absolute atomic E-state index is 0.309. The van der Waals surface area contributed by atoms with Crippen LogP contribution in [0.2, 0.25) is 5.02 Å². The van der Waals surface area contributed by atoms with E-state index in [9.17, 15) is 4.79 Å². The topological polar surface area (TPSA) is 83.0 Å². The van der Waals surface area contributed by atoms with E-state index in [1.807, 2.05) is 42.7 Å². The van der Waals surface area contributed by atoms with Gasteiger partial charge in [0.2, 0.25) is 5.82 Å². The van der Waals surface area contributed by atoms with E-state index in [1.54, 1.807) is 24.3 Å². The Hall–Kier alpha value is -3.45. The smallest absolute Gasteiger partial charge is 0.337 e. The van der Waals surface area contributed by atoms with Crippen molar-refractivity contribution in [2.75, 3.05) is 7.11 Å². The molecule has 0 radical (unpaired) electrons. The second-order valence-corrected chi connectivity index (χ2v) is 6.78. The lowest BCUT2D eigenvalue weighted by Crippen LogP contribution is -2.00. The number of nitrogens with zero attached hydrogens (tertiary/aromatic N) is 4. The molecule has 4 rings (SSSR count). The van der Waals surface area contributed by atoms with E-state index >= 15 is 0 Å². The van der Waals surface area contributed by atoms with Crippen LogP contribution in [0.4, 0.5) is 0 Å². The fourth-order valence-corrected chi connectivity index (χ4v) is 3.36. The molecular formula is C21H17ClN4O3. The average molecular weight is 409 g/mol. The van der Waals surface area contributed by atoms with E-state index < -0.39 is 5.97 Å². The van der Waals surface area contributed by atoms with Crippen molar-refractivity contribution in [3.05, 3.63) is 70.6 Å². The third-order valence-corrected chi connectivity index (χ3v) is 4.88. The number of carbonyl (C=O) groups is 1. The quantitative estimate of drug-likeness (QED) is 0.457. The van der Waals surface area contributed by atoms with Gasteiger partial charge in [0, 0.05) is 5.56 Å². The summed E-state index contributed by atoms with van der Waals surface area (Å²) in [6, 6.07) is 14.3. The van der Waals surface area contributed by atoms with Crippen molar-refractivity contribution in [2.24, 2.45) is 0 Å². The zero-order valence-electron chi connectivity index (χ0n) is 16.0. The van der Waals surface area contributed by atoms with Gasteiger partial charge < -0.3 is 9.26 Å². The Labute approximate surface area is 171 Å². The summed E-state index contributed by atoms with van der Waals surface area (Å²) in [5, 5.41) is 4.67. The number of benzene rings is 2. The fraction of sp³-hybridized carbons (Fsp3) is 0.143. The summed E-state index contributed by atoms with van der Waals surface area (Å²) in [5.41, 5.74) is 3.43. The van der Waals surface area contributed by atoms with Crippen LogP contribution >= 0.6 is 11.6 Å². The molecule has 0 amide bonds. The first-order valence-electron chi connectivity index (χ1n) is 8.83. The summed E-state index contributed by atoms with van der Waals surface area (Å²) in [7, 11) is 1.34. The molecule has 0 bridgehead atoms. The first kappa shape index (κ1) is 18.9. The number of ether oxygens (including phenoxy) is 1. The lowest BCUT2D eigenvalue weighted by molar-refractivity contribution is 0.0601. The van der Waals surface area contributed by atoms with Crippen LogP contribution in [0.3, 0.4) is 0 Å². The molecule has 8 heteroatoms. The van der Waals surface area contributed by atoms with Gasteiger partial charge in [-0.2, -0.15) is 4.98 Å². The summed E-state index contributed by atoms with van der Waals surface area (Å²) in [5.74, 6) is 1.07. The van der Waals surface area contributed by atoms with Crippen LogP contribution in [-0.2, 0) is 4.74 Å². The molecule has 0 fully saturated rings. The summed E-state index contributed by atoms with van der Waals surface area (Å²) >= 11 is 6.35. The number of halogens is 1. The highest BCUT2D eigenvalue weighted by Gasteiger charge is 2.21. The van der Waals surface area contributed by atoms with Gasteiger partial charge in [-0.3, -0.25) is 4.57 Å². The Balaban J connectivity index is 1.70. The van der Waals surface area contributed by atoms with E-state index in [1.165, 1.54) is 7.11 Å². The Morgan fingerprint density at radius 1 is 1.07 bits per heavy atom. The molecule has 146 valence electrons. The third kappa shape index (κ3) is 3.40. The van der Waals surface area contributed by atoms with Crippen LogP contribution in [-0.4, -0.2) is 32.8 Å². The Bertz CT molecular complexity index is 1200. The highest BCUT2D eigenvalue weighted by molar-refractivity contribution is 6.32. The van der Waals surface area contributed by atoms with E-state index in [0.717, 1.165) is 17.2 Å². The summed E-state index contributed by atoms with van der Waals surface area (Å²) in [4.78, 5) is 20.6. The molecule has 0 saturated carbocycles. The van der Waals surface area contributed by atoms with Crippen molar-refractivity contribution in [1.82, 2.24) is 19.7 Å². The van der Waals surface area contributed by atoms with Crippen LogP contribution in [0.15, 0.2) is 53.1 Å². The van der Waals surface area contributed by atoms with Crippen molar-refractivity contribution < 1.29 is 14.1 Å². The van der Waals surface area contributed by atoms with Crippen molar-refractivity contribution >= 4 is 17.6 Å². The minimum Gasteiger partial charge on any atom is -0.465 e. The third-order valence-electron chi connectivity index (χ3n) is 4.56. The standard InChI is InChI=1S/C21H17ClN4O3/c1-12-18(23-13(2)26(12)17-7-5-4-6-16(17)22)20-24-19(25-29-20)14-8-10-15(11-9-14)21(27)28-3/h4-11H,1-3H3. The van der Waals surface area contributed by atoms with E-state index in [-0.39, 0.29) is 0 Å². The highest BCUT2D eigenvalue weighted by Crippen LogP contribution is 2.29. The first-order chi connectivity index (χ1) is 14.0. The van der Waals surface area contributed by atoms with Crippen LogP contribution in [0.25, 0.3) is 28.7 Å². The molecule has 2 aromatic heterocycles. The molecule has 0 spiro atoms. The van der Waals surface area contributed by atoms with Gasteiger partial charge in [0.05, 0.1) is 29.1 Å². The van der Waals surface area contributed by atoms with E-state index in [4.69, 9.17) is 20.9 Å². The second-order valence-electron chi connectivity index (χ2n) is 6.37. The van der Waals surface area contributed by atoms with E-state index in [2.05, 4.69) is 15.1 Å². The van der Waals surface area contributed by atoms with Gasteiger partial charge >= 0.3 is 5.97 Å². The Morgan fingerprint density at radius 3 is 2.48 bits per heavy atom. The molecule has 0 atom stereocenters. The molecule has 0 aliphatic heterocycles. The largest absolute Gasteiger partial charge is 0.465 e. The van der Waals surface area contributed by atoms with Crippen LogP contribution < -0.4 is 0 Å². The number of aryl methyl sites for hydroxylation is 1. The van der Waals surface area contributed by atoms with Gasteiger partial charge in [-0.1, -0.05) is 41.0 Å². The summed E-state index contributed by atoms with van der Waals surface area (Å²) < 4.78 is 12.1. The number of esters is 1. The predicted octanol–water partition coefficient (Wildman–Crippen LogP) is 4.65. The molecule has 29 heavy (non-hydrogen) atoms. The van der Waals surface area contributed by atoms with Gasteiger partial charge in [0.25, 0.3) is 5.89 Å². The molecule has 4 aromatic rings. The molecule has 2 aromatic carbocycles. The lowest BCUT2D eigenvalue weighted by atomic mass is 10.1. The number of imidazole rings is 1. The molecule has 0 aliphatic carbocycles. The molecule has 0 unspecified atom stereocenters. The van der Waals surface area contributed by atoms with Gasteiger partial charge in [0.1, 0.15) is 11.5 Å². The highest BCUT2D eigenvalue weighted by atomic mass is 35.5. The number of carbonyl (C=O) groups excluding carboxylic acids is 1. The number of aromatic nitrogens is 4. The van der Waals surface area contributed by atoms with Gasteiger partial charge in [-0.05, 0) is 38.1 Å². The number of hydrogen-bond donors (Lipinski definition) is 0. The maximum Gasteiger partial charge on any atom is 0.337 e.